The van der Waals surface area contributed by atoms with Gasteiger partial charge >= 0.3 is 12.2 Å². The molecule has 0 saturated heterocycles. The Labute approximate surface area is 164 Å². The minimum atomic E-state index is -0.802. The normalized spacial score (nSPS) is 11.9. The van der Waals surface area contributed by atoms with Crippen LogP contribution in [0.25, 0.3) is 11.0 Å². The number of alkyl carbamates (subject to hydrolysis) is 1. The zero-order valence-electron chi connectivity index (χ0n) is 17.2. The molecule has 2 aromatic rings. The summed E-state index contributed by atoms with van der Waals surface area (Å²) in [5, 5.41) is 2.88. The van der Waals surface area contributed by atoms with Crippen LogP contribution in [0.15, 0.2) is 18.6 Å². The number of imidazole rings is 1. The van der Waals surface area contributed by atoms with E-state index in [0.717, 1.165) is 5.52 Å². The smallest absolute Gasteiger partial charge is 0.444 e. The monoisotopic (exact) mass is 392 g/mol. The molecule has 1 N–H and O–H groups in total. The second-order valence-corrected chi connectivity index (χ2v) is 8.00. The Morgan fingerprint density at radius 2 is 1.89 bits per heavy atom. The van der Waals surface area contributed by atoms with Crippen molar-refractivity contribution < 1.29 is 23.8 Å². The zero-order chi connectivity index (χ0) is 20.9. The van der Waals surface area contributed by atoms with Gasteiger partial charge in [-0.1, -0.05) is 0 Å². The molecule has 0 aliphatic heterocycles. The second kappa shape index (κ2) is 8.45. The van der Waals surface area contributed by atoms with Gasteiger partial charge in [0.05, 0.1) is 30.2 Å². The summed E-state index contributed by atoms with van der Waals surface area (Å²) in [4.78, 5) is 31.8. The average molecular weight is 392 g/mol. The molecule has 0 spiro atoms. The highest BCUT2D eigenvalue weighted by Gasteiger charge is 2.24. The molecule has 0 unspecified atom stereocenters. The first kappa shape index (κ1) is 21.5. The van der Waals surface area contributed by atoms with Crippen LogP contribution in [0.4, 0.5) is 9.59 Å². The number of amides is 1. The van der Waals surface area contributed by atoms with E-state index in [0.29, 0.717) is 18.5 Å². The molecular weight excluding hydrogens is 364 g/mol. The van der Waals surface area contributed by atoms with Crippen molar-refractivity contribution in [3.63, 3.8) is 0 Å². The predicted molar refractivity (Wildman–Crippen MR) is 103 cm³/mol. The first-order chi connectivity index (χ1) is 13.0. The van der Waals surface area contributed by atoms with E-state index in [2.05, 4.69) is 15.3 Å². The lowest BCUT2D eigenvalue weighted by Crippen LogP contribution is -2.46. The number of pyridine rings is 1. The molecule has 2 aromatic heterocycles. The van der Waals surface area contributed by atoms with Crippen molar-refractivity contribution in [2.24, 2.45) is 0 Å². The molecule has 0 radical (unpaired) electrons. The summed E-state index contributed by atoms with van der Waals surface area (Å²) in [5.41, 5.74) is 0.422. The van der Waals surface area contributed by atoms with E-state index in [9.17, 15) is 9.59 Å². The van der Waals surface area contributed by atoms with E-state index in [1.54, 1.807) is 25.5 Å². The van der Waals surface area contributed by atoms with Gasteiger partial charge in [-0.05, 0) is 48.0 Å². The summed E-state index contributed by atoms with van der Waals surface area (Å²) < 4.78 is 17.0. The molecule has 9 heteroatoms. The van der Waals surface area contributed by atoms with Gasteiger partial charge in [0, 0.05) is 18.2 Å². The van der Waals surface area contributed by atoms with Gasteiger partial charge in [-0.2, -0.15) is 0 Å². The van der Waals surface area contributed by atoms with E-state index in [1.165, 1.54) is 0 Å². The fraction of sp³-hybridized carbons (Fsp3) is 0.579. The molecule has 0 aromatic carbocycles. The molecule has 1 amide bonds. The first-order valence-corrected chi connectivity index (χ1v) is 9.16. The number of rotatable bonds is 6. The van der Waals surface area contributed by atoms with Crippen molar-refractivity contribution in [2.75, 3.05) is 6.61 Å². The van der Waals surface area contributed by atoms with E-state index in [1.807, 2.05) is 39.2 Å². The lowest BCUT2D eigenvalue weighted by molar-refractivity contribution is 0.0466. The Hall–Kier alpha value is -2.84. The lowest BCUT2D eigenvalue weighted by Gasteiger charge is -2.28. The highest BCUT2D eigenvalue weighted by atomic mass is 16.7. The predicted octanol–water partition coefficient (Wildman–Crippen LogP) is 3.66. The number of ether oxygens (including phenoxy) is 3. The Morgan fingerprint density at radius 3 is 2.54 bits per heavy atom. The molecule has 0 bridgehead atoms. The largest absolute Gasteiger partial charge is 0.515 e. The number of nitrogens with zero attached hydrogens (tertiary/aromatic N) is 3. The van der Waals surface area contributed by atoms with Gasteiger partial charge in [0.25, 0.3) is 0 Å². The number of fused-ring (bicyclic) bond motifs is 1. The van der Waals surface area contributed by atoms with Crippen LogP contribution in [-0.4, -0.2) is 44.5 Å². The number of hydrogen-bond acceptors (Lipinski definition) is 7. The fourth-order valence-corrected chi connectivity index (χ4v) is 2.45. The number of nitrogens with one attached hydrogen (secondary N) is 1. The van der Waals surface area contributed by atoms with Crippen LogP contribution in [0.1, 0.15) is 48.0 Å². The first-order valence-electron chi connectivity index (χ1n) is 9.16. The maximum Gasteiger partial charge on any atom is 0.515 e. The number of aromatic nitrogens is 3. The van der Waals surface area contributed by atoms with Crippen molar-refractivity contribution in [3.05, 3.63) is 18.6 Å². The highest BCUT2D eigenvalue weighted by Crippen LogP contribution is 2.20. The molecule has 2 heterocycles. The van der Waals surface area contributed by atoms with Crippen LogP contribution in [-0.2, 0) is 16.0 Å². The molecule has 2 rings (SSSR count). The summed E-state index contributed by atoms with van der Waals surface area (Å²) in [6.45, 7) is 11.9. The average Bonchev–Trinajstić information content (AvgIpc) is 2.93. The third-order valence-electron chi connectivity index (χ3n) is 3.75. The van der Waals surface area contributed by atoms with Crippen LogP contribution < -0.4 is 10.1 Å². The lowest BCUT2D eigenvalue weighted by atomic mass is 10.0. The number of carbonyl (C=O) groups is 2. The molecular formula is C19H28N4O5. The van der Waals surface area contributed by atoms with Crippen molar-refractivity contribution in [1.29, 1.82) is 0 Å². The molecule has 0 aliphatic carbocycles. The molecule has 0 saturated carbocycles. The summed E-state index contributed by atoms with van der Waals surface area (Å²) in [6.07, 6.45) is 2.67. The van der Waals surface area contributed by atoms with Crippen LogP contribution in [0.3, 0.4) is 0 Å². The minimum Gasteiger partial charge on any atom is -0.444 e. The maximum atomic E-state index is 12.0. The fourth-order valence-electron chi connectivity index (χ4n) is 2.45. The maximum absolute atomic E-state index is 12.0. The van der Waals surface area contributed by atoms with E-state index in [4.69, 9.17) is 14.2 Å². The van der Waals surface area contributed by atoms with Crippen LogP contribution in [0.2, 0.25) is 0 Å². The van der Waals surface area contributed by atoms with E-state index < -0.39 is 23.4 Å². The van der Waals surface area contributed by atoms with Gasteiger partial charge < -0.3 is 24.1 Å². The van der Waals surface area contributed by atoms with Crippen LogP contribution in [0, 0.1) is 0 Å². The standard InChI is InChI=1S/C19H28N4O5/c1-7-26-17(25)27-15-10-13-14(11-20-15)23(12-21-13)9-8-19(5,6)22-16(24)28-18(2,3)4/h10-12H,7-9H2,1-6H3,(H,22,24). The second-order valence-electron chi connectivity index (χ2n) is 8.00. The number of aryl methyl sites for hydroxylation is 1. The quantitative estimate of drug-likeness (QED) is 0.748. The third kappa shape index (κ3) is 6.40. The van der Waals surface area contributed by atoms with Gasteiger partial charge in [-0.3, -0.25) is 0 Å². The van der Waals surface area contributed by atoms with Crippen molar-refractivity contribution in [2.45, 2.75) is 65.6 Å². The van der Waals surface area contributed by atoms with Gasteiger partial charge in [0.1, 0.15) is 5.60 Å². The van der Waals surface area contributed by atoms with Crippen molar-refractivity contribution >= 4 is 23.3 Å². The minimum absolute atomic E-state index is 0.128. The molecule has 0 atom stereocenters. The van der Waals surface area contributed by atoms with E-state index in [-0.39, 0.29) is 12.5 Å². The molecule has 0 aliphatic rings. The summed E-state index contributed by atoms with van der Waals surface area (Å²) in [6, 6.07) is 1.58. The Morgan fingerprint density at radius 1 is 1.18 bits per heavy atom. The van der Waals surface area contributed by atoms with Gasteiger partial charge in [-0.15, -0.1) is 0 Å². The molecule has 154 valence electrons. The Bertz CT molecular complexity index is 838. The van der Waals surface area contributed by atoms with Crippen molar-refractivity contribution in [3.8, 4) is 5.88 Å². The highest BCUT2D eigenvalue weighted by molar-refractivity contribution is 5.76. The van der Waals surface area contributed by atoms with Gasteiger partial charge in [0.2, 0.25) is 5.88 Å². The summed E-state index contributed by atoms with van der Waals surface area (Å²) in [5.74, 6) is 0.128. The number of carbonyl (C=O) groups excluding carboxylic acids is 2. The molecule has 0 fully saturated rings. The third-order valence-corrected chi connectivity index (χ3v) is 3.75. The summed E-state index contributed by atoms with van der Waals surface area (Å²) >= 11 is 0. The number of hydrogen-bond donors (Lipinski definition) is 1. The zero-order valence-corrected chi connectivity index (χ0v) is 17.2. The SMILES string of the molecule is CCOC(=O)Oc1cc2ncn(CCC(C)(C)NC(=O)OC(C)(C)C)c2cn1. The van der Waals surface area contributed by atoms with Crippen molar-refractivity contribution in [1.82, 2.24) is 19.9 Å². The summed E-state index contributed by atoms with van der Waals surface area (Å²) in [7, 11) is 0. The van der Waals surface area contributed by atoms with Gasteiger partial charge in [-0.25, -0.2) is 19.6 Å². The van der Waals surface area contributed by atoms with Crippen LogP contribution in [0.5, 0.6) is 5.88 Å². The Kier molecular flexibility index (Phi) is 6.48. The van der Waals surface area contributed by atoms with E-state index >= 15 is 0 Å². The Balaban J connectivity index is 2.00. The van der Waals surface area contributed by atoms with Crippen LogP contribution >= 0.6 is 0 Å². The molecule has 28 heavy (non-hydrogen) atoms. The van der Waals surface area contributed by atoms with Gasteiger partial charge in [0.15, 0.2) is 0 Å². The topological polar surface area (TPSA) is 105 Å². The molecule has 9 nitrogen and oxygen atoms in total.